The molecule has 0 aliphatic carbocycles. The Bertz CT molecular complexity index is 1230. The van der Waals surface area contributed by atoms with Gasteiger partial charge in [0.25, 0.3) is 5.91 Å². The van der Waals surface area contributed by atoms with Gasteiger partial charge in [-0.15, -0.1) is 5.10 Å². The number of amides is 1. The predicted molar refractivity (Wildman–Crippen MR) is 118 cm³/mol. The highest BCUT2D eigenvalue weighted by atomic mass is 19.1. The Morgan fingerprint density at radius 1 is 0.969 bits per heavy atom. The molecule has 4 aromatic rings. The van der Waals surface area contributed by atoms with Crippen LogP contribution in [0.5, 0.6) is 0 Å². The third-order valence-corrected chi connectivity index (χ3v) is 5.58. The van der Waals surface area contributed by atoms with Crippen molar-refractivity contribution in [1.82, 2.24) is 19.7 Å². The Morgan fingerprint density at radius 2 is 1.72 bits per heavy atom. The average molecular weight is 431 g/mol. The Labute approximate surface area is 184 Å². The normalized spacial score (nSPS) is 14.1. The number of anilines is 1. The van der Waals surface area contributed by atoms with E-state index >= 15 is 0 Å². The Morgan fingerprint density at radius 3 is 2.41 bits per heavy atom. The maximum atomic E-state index is 14.1. The molecule has 2 aromatic carbocycles. The number of para-hydroxylation sites is 1. The minimum Gasteiger partial charge on any atom is -0.461 e. The van der Waals surface area contributed by atoms with E-state index in [2.05, 4.69) is 10.1 Å². The van der Waals surface area contributed by atoms with Gasteiger partial charge in [-0.25, -0.2) is 9.07 Å². The Hall–Kier alpha value is -3.94. The molecule has 8 heteroatoms. The first kappa shape index (κ1) is 20.0. The summed E-state index contributed by atoms with van der Waals surface area (Å²) in [5.74, 6) is 0.593. The summed E-state index contributed by atoms with van der Waals surface area (Å²) >= 11 is 0. The average Bonchev–Trinajstić information content (AvgIpc) is 3.50. The Balaban J connectivity index is 1.39. The van der Waals surface area contributed by atoms with Crippen LogP contribution < -0.4 is 4.90 Å². The summed E-state index contributed by atoms with van der Waals surface area (Å²) in [5.41, 5.74) is 2.47. The molecule has 1 amide bonds. The smallest absolute Gasteiger partial charge is 0.293 e. The lowest BCUT2D eigenvalue weighted by molar-refractivity contribution is 0.0734. The van der Waals surface area contributed by atoms with E-state index < -0.39 is 0 Å². The molecule has 5 rings (SSSR count). The number of hydrogen-bond donors (Lipinski definition) is 0. The molecule has 0 saturated carbocycles. The number of furan rings is 1. The summed E-state index contributed by atoms with van der Waals surface area (Å²) < 4.78 is 21.3. The summed E-state index contributed by atoms with van der Waals surface area (Å²) in [4.78, 5) is 21.4. The van der Waals surface area contributed by atoms with Crippen molar-refractivity contribution in [2.24, 2.45) is 0 Å². The van der Waals surface area contributed by atoms with E-state index in [1.807, 2.05) is 42.2 Å². The number of nitrogens with zero attached hydrogens (tertiary/aromatic N) is 5. The lowest BCUT2D eigenvalue weighted by Gasteiger charge is -2.35. The van der Waals surface area contributed by atoms with Crippen LogP contribution in [-0.4, -0.2) is 51.8 Å². The van der Waals surface area contributed by atoms with Gasteiger partial charge in [0.15, 0.2) is 11.6 Å². The van der Waals surface area contributed by atoms with E-state index in [1.165, 1.54) is 6.07 Å². The number of benzene rings is 2. The molecule has 2 aromatic heterocycles. The van der Waals surface area contributed by atoms with Gasteiger partial charge in [-0.2, -0.15) is 4.98 Å². The molecule has 0 atom stereocenters. The van der Waals surface area contributed by atoms with Crippen molar-refractivity contribution >= 4 is 11.6 Å². The van der Waals surface area contributed by atoms with Gasteiger partial charge < -0.3 is 14.2 Å². The van der Waals surface area contributed by atoms with Crippen molar-refractivity contribution in [3.63, 3.8) is 0 Å². The lowest BCUT2D eigenvalue weighted by Crippen LogP contribution is -2.49. The quantitative estimate of drug-likeness (QED) is 0.490. The molecule has 0 bridgehead atoms. The third kappa shape index (κ3) is 3.75. The molecule has 3 heterocycles. The van der Waals surface area contributed by atoms with Gasteiger partial charge in [-0.05, 0) is 43.3 Å². The molecule has 1 fully saturated rings. The van der Waals surface area contributed by atoms with Crippen LogP contribution >= 0.6 is 0 Å². The lowest BCUT2D eigenvalue weighted by atomic mass is 10.2. The van der Waals surface area contributed by atoms with Gasteiger partial charge in [-0.3, -0.25) is 4.79 Å². The van der Waals surface area contributed by atoms with E-state index in [4.69, 9.17) is 4.42 Å². The van der Waals surface area contributed by atoms with Crippen LogP contribution in [0.15, 0.2) is 71.3 Å². The molecule has 0 unspecified atom stereocenters. The molecule has 1 aliphatic heterocycles. The fourth-order valence-electron chi connectivity index (χ4n) is 3.83. The first-order valence-corrected chi connectivity index (χ1v) is 10.5. The topological polar surface area (TPSA) is 67.4 Å². The van der Waals surface area contributed by atoms with Crippen LogP contribution in [0.1, 0.15) is 16.2 Å². The summed E-state index contributed by atoms with van der Waals surface area (Å²) in [7, 11) is 0. The summed E-state index contributed by atoms with van der Waals surface area (Å²) in [6.07, 6.45) is 1.56. The van der Waals surface area contributed by atoms with E-state index in [0.29, 0.717) is 43.5 Å². The number of rotatable bonds is 4. The van der Waals surface area contributed by atoms with Crippen LogP contribution in [0, 0.1) is 12.7 Å². The predicted octanol–water partition coefficient (Wildman–Crippen LogP) is 3.94. The van der Waals surface area contributed by atoms with Gasteiger partial charge in [-0.1, -0.05) is 29.8 Å². The van der Waals surface area contributed by atoms with Crippen LogP contribution in [-0.2, 0) is 0 Å². The minimum atomic E-state index is -0.256. The van der Waals surface area contributed by atoms with E-state index in [9.17, 15) is 9.18 Å². The number of halogens is 1. The second kappa shape index (κ2) is 8.30. The fraction of sp³-hybridized carbons (Fsp3) is 0.208. The van der Waals surface area contributed by atoms with Crippen LogP contribution in [0.2, 0.25) is 0 Å². The summed E-state index contributed by atoms with van der Waals surface area (Å²) in [5, 5.41) is 4.51. The van der Waals surface area contributed by atoms with Gasteiger partial charge >= 0.3 is 0 Å². The summed E-state index contributed by atoms with van der Waals surface area (Å²) in [6, 6.07) is 18.1. The van der Waals surface area contributed by atoms with Crippen LogP contribution in [0.4, 0.5) is 10.1 Å². The SMILES string of the molecule is Cc1ccc(-n2nc(C(=O)N3CCN(c4ccccc4F)CC3)nc2-c2ccco2)cc1. The van der Waals surface area contributed by atoms with Crippen molar-refractivity contribution in [1.29, 1.82) is 0 Å². The van der Waals surface area contributed by atoms with Gasteiger partial charge in [0, 0.05) is 26.2 Å². The fourth-order valence-corrected chi connectivity index (χ4v) is 3.83. The number of aromatic nitrogens is 3. The van der Waals surface area contributed by atoms with E-state index in [1.54, 1.807) is 40.1 Å². The van der Waals surface area contributed by atoms with Crippen LogP contribution in [0.3, 0.4) is 0 Å². The highest BCUT2D eigenvalue weighted by Gasteiger charge is 2.28. The van der Waals surface area contributed by atoms with Gasteiger partial charge in [0.05, 0.1) is 17.6 Å². The second-order valence-electron chi connectivity index (χ2n) is 7.71. The van der Waals surface area contributed by atoms with Crippen molar-refractivity contribution in [2.75, 3.05) is 31.1 Å². The van der Waals surface area contributed by atoms with Crippen molar-refractivity contribution < 1.29 is 13.6 Å². The Kier molecular flexibility index (Phi) is 5.18. The molecular weight excluding hydrogens is 409 g/mol. The van der Waals surface area contributed by atoms with Crippen molar-refractivity contribution in [3.05, 3.63) is 84.1 Å². The molecule has 0 N–H and O–H groups in total. The number of carbonyl (C=O) groups excluding carboxylic acids is 1. The highest BCUT2D eigenvalue weighted by Crippen LogP contribution is 2.24. The van der Waals surface area contributed by atoms with Gasteiger partial charge in [0.2, 0.25) is 5.82 Å². The van der Waals surface area contributed by atoms with Crippen LogP contribution in [0.25, 0.3) is 17.3 Å². The number of piperazine rings is 1. The van der Waals surface area contributed by atoms with Gasteiger partial charge in [0.1, 0.15) is 5.82 Å². The molecule has 1 aliphatic rings. The maximum absolute atomic E-state index is 14.1. The molecule has 1 saturated heterocycles. The zero-order valence-electron chi connectivity index (χ0n) is 17.6. The largest absolute Gasteiger partial charge is 0.461 e. The molecule has 7 nitrogen and oxygen atoms in total. The standard InChI is InChI=1S/C24H22FN5O2/c1-17-8-10-18(11-9-17)30-23(21-7-4-16-32-21)26-22(27-30)24(31)29-14-12-28(13-15-29)20-6-3-2-5-19(20)25/h2-11,16H,12-15H2,1H3. The van der Waals surface area contributed by atoms with Crippen molar-refractivity contribution in [2.45, 2.75) is 6.92 Å². The summed E-state index contributed by atoms with van der Waals surface area (Å²) in [6.45, 7) is 4.01. The van der Waals surface area contributed by atoms with Crippen molar-refractivity contribution in [3.8, 4) is 17.3 Å². The number of carbonyl (C=O) groups is 1. The molecular formula is C24H22FN5O2. The second-order valence-corrected chi connectivity index (χ2v) is 7.71. The molecule has 32 heavy (non-hydrogen) atoms. The highest BCUT2D eigenvalue weighted by molar-refractivity contribution is 5.91. The molecule has 0 spiro atoms. The zero-order chi connectivity index (χ0) is 22.1. The first-order chi connectivity index (χ1) is 15.6. The number of aryl methyl sites for hydroxylation is 1. The maximum Gasteiger partial charge on any atom is 0.293 e. The molecule has 0 radical (unpaired) electrons. The number of hydrogen-bond acceptors (Lipinski definition) is 5. The third-order valence-electron chi connectivity index (χ3n) is 5.58. The van der Waals surface area contributed by atoms with E-state index in [-0.39, 0.29) is 17.5 Å². The zero-order valence-corrected chi connectivity index (χ0v) is 17.6. The molecule has 162 valence electrons. The monoisotopic (exact) mass is 431 g/mol. The minimum absolute atomic E-state index is 0.108. The first-order valence-electron chi connectivity index (χ1n) is 10.5. The van der Waals surface area contributed by atoms with E-state index in [0.717, 1.165) is 11.3 Å².